The summed E-state index contributed by atoms with van der Waals surface area (Å²) in [6.07, 6.45) is -1.45. The van der Waals surface area contributed by atoms with Crippen LogP contribution in [-0.2, 0) is 10.0 Å². The molecule has 192 valence electrons. The molecular weight excluding hydrogens is 509 g/mol. The summed E-state index contributed by atoms with van der Waals surface area (Å²) in [5, 5.41) is 0.444. The second-order valence-electron chi connectivity index (χ2n) is 8.78. The Morgan fingerprint density at radius 3 is 2.46 bits per heavy atom. The van der Waals surface area contributed by atoms with Gasteiger partial charge in [-0.2, -0.15) is 13.2 Å². The van der Waals surface area contributed by atoms with Crippen LogP contribution in [0, 0.1) is 12.8 Å². The number of aromatic nitrogens is 3. The maximum absolute atomic E-state index is 13.2. The summed E-state index contributed by atoms with van der Waals surface area (Å²) in [7, 11) is -2.64. The van der Waals surface area contributed by atoms with Gasteiger partial charge in [-0.3, -0.25) is 9.36 Å². The van der Waals surface area contributed by atoms with Gasteiger partial charge in [-0.15, -0.1) is 0 Å². The fourth-order valence-electron chi connectivity index (χ4n) is 4.50. The van der Waals surface area contributed by atoms with Crippen LogP contribution in [0.2, 0.25) is 0 Å². The van der Waals surface area contributed by atoms with Crippen molar-refractivity contribution in [2.45, 2.75) is 30.3 Å². The summed E-state index contributed by atoms with van der Waals surface area (Å²) in [6, 6.07) is 11.7. The van der Waals surface area contributed by atoms with Crippen LogP contribution >= 0.6 is 0 Å². The molecule has 0 bridgehead atoms. The van der Waals surface area contributed by atoms with Crippen molar-refractivity contribution >= 4 is 26.9 Å². The molecule has 5 rings (SSSR count). The van der Waals surface area contributed by atoms with Gasteiger partial charge in [-0.25, -0.2) is 23.1 Å². The highest BCUT2D eigenvalue weighted by Gasteiger charge is 2.56. The average Bonchev–Trinajstić information content (AvgIpc) is 3.65. The van der Waals surface area contributed by atoms with Crippen LogP contribution in [0.4, 0.5) is 19.1 Å². The molecule has 4 aromatic rings. The number of alkyl halides is 3. The number of nitrogens with zero attached hydrogens (tertiary/aromatic N) is 3. The zero-order chi connectivity index (χ0) is 26.5. The molecule has 12 heteroatoms. The number of fused-ring (bicyclic) bond motifs is 1. The number of rotatable bonds is 6. The molecule has 0 amide bonds. The zero-order valence-electron chi connectivity index (χ0n) is 19.7. The molecular formula is C25H21F3N4O4S. The highest BCUT2D eigenvalue weighted by Crippen LogP contribution is 2.57. The number of pyridine rings is 1. The van der Waals surface area contributed by atoms with Crippen molar-refractivity contribution in [3.8, 4) is 11.4 Å². The number of aryl methyl sites for hydroxylation is 1. The quantitative estimate of drug-likeness (QED) is 0.392. The number of nitrogens with one attached hydrogen (secondary N) is 1. The van der Waals surface area contributed by atoms with Gasteiger partial charge in [0.2, 0.25) is 5.95 Å². The van der Waals surface area contributed by atoms with E-state index in [-0.39, 0.29) is 23.0 Å². The first-order valence-electron chi connectivity index (χ1n) is 11.2. The second kappa shape index (κ2) is 8.87. The van der Waals surface area contributed by atoms with E-state index < -0.39 is 33.6 Å². The first-order valence-corrected chi connectivity index (χ1v) is 12.7. The number of anilines is 1. The Balaban J connectivity index is 1.58. The first-order chi connectivity index (χ1) is 17.5. The maximum atomic E-state index is 13.2. The summed E-state index contributed by atoms with van der Waals surface area (Å²) in [5.41, 5.74) is 1.45. The Kier molecular flexibility index (Phi) is 5.94. The number of sulfonamides is 1. The van der Waals surface area contributed by atoms with E-state index >= 15 is 0 Å². The molecule has 0 radical (unpaired) electrons. The smallest absolute Gasteiger partial charge is 0.392 e. The van der Waals surface area contributed by atoms with Crippen molar-refractivity contribution in [2.24, 2.45) is 5.92 Å². The topological polar surface area (TPSA) is 103 Å². The lowest BCUT2D eigenvalue weighted by Crippen LogP contribution is -2.19. The number of hydrogen-bond acceptors (Lipinski definition) is 6. The van der Waals surface area contributed by atoms with Crippen molar-refractivity contribution in [2.75, 3.05) is 11.8 Å². The van der Waals surface area contributed by atoms with Gasteiger partial charge in [0.25, 0.3) is 15.6 Å². The molecule has 1 aliphatic rings. The third kappa shape index (κ3) is 4.64. The van der Waals surface area contributed by atoms with E-state index in [1.54, 1.807) is 25.1 Å². The van der Waals surface area contributed by atoms with Gasteiger partial charge < -0.3 is 4.74 Å². The van der Waals surface area contributed by atoms with E-state index in [1.165, 1.54) is 54.4 Å². The molecule has 1 saturated carbocycles. The van der Waals surface area contributed by atoms with Gasteiger partial charge in [0.15, 0.2) is 0 Å². The predicted octanol–water partition coefficient (Wildman–Crippen LogP) is 4.56. The molecule has 1 N–H and O–H groups in total. The highest BCUT2D eigenvalue weighted by atomic mass is 32.2. The minimum absolute atomic E-state index is 0.0143. The zero-order valence-corrected chi connectivity index (χ0v) is 20.5. The lowest BCUT2D eigenvalue weighted by Gasteiger charge is -2.18. The lowest BCUT2D eigenvalue weighted by molar-refractivity contribution is -0.148. The predicted molar refractivity (Wildman–Crippen MR) is 131 cm³/mol. The molecule has 8 nitrogen and oxygen atoms in total. The maximum Gasteiger partial charge on any atom is 0.392 e. The molecule has 0 saturated heterocycles. The fourth-order valence-corrected chi connectivity index (χ4v) is 5.49. The van der Waals surface area contributed by atoms with Crippen LogP contribution in [0.15, 0.2) is 70.6 Å². The van der Waals surface area contributed by atoms with Crippen LogP contribution in [0.3, 0.4) is 0 Å². The number of ether oxygens (including phenoxy) is 1. The molecule has 2 atom stereocenters. The second-order valence-corrected chi connectivity index (χ2v) is 10.5. The minimum Gasteiger partial charge on any atom is -0.495 e. The van der Waals surface area contributed by atoms with Crippen molar-refractivity contribution in [3.05, 3.63) is 82.4 Å². The van der Waals surface area contributed by atoms with Crippen LogP contribution in [-0.4, -0.2) is 36.2 Å². The Morgan fingerprint density at radius 1 is 1.08 bits per heavy atom. The summed E-state index contributed by atoms with van der Waals surface area (Å²) >= 11 is 0. The number of halogens is 3. The van der Waals surface area contributed by atoms with E-state index in [0.717, 1.165) is 0 Å². The molecule has 1 aliphatic carbocycles. The molecule has 2 aromatic heterocycles. The first kappa shape index (κ1) is 24.8. The van der Waals surface area contributed by atoms with Gasteiger partial charge in [0, 0.05) is 23.8 Å². The molecule has 1 fully saturated rings. The molecule has 2 aromatic carbocycles. The number of methoxy groups -OCH3 is 1. The molecule has 2 heterocycles. The molecule has 0 spiro atoms. The van der Waals surface area contributed by atoms with E-state index in [9.17, 15) is 26.4 Å². The standard InChI is InChI=1S/C25H21F3N4O4S/c1-14-10-21(22(36-2)13-17(14)18-12-19(18)25(26,27)28)32-20-6-5-16(11-15(20)4-7-23(32)33)37(34,35)31-24-29-8-3-9-30-24/h3-11,13,18-19H,12H2,1-2H3,(H,29,30,31)/t18-,19+/m1/s1. The number of hydrogen-bond donors (Lipinski definition) is 1. The Labute approximate surface area is 209 Å². The van der Waals surface area contributed by atoms with Gasteiger partial charge >= 0.3 is 6.18 Å². The van der Waals surface area contributed by atoms with Gasteiger partial charge in [0.1, 0.15) is 5.75 Å². The van der Waals surface area contributed by atoms with E-state index in [2.05, 4.69) is 14.7 Å². The van der Waals surface area contributed by atoms with Gasteiger partial charge in [-0.1, -0.05) is 0 Å². The highest BCUT2D eigenvalue weighted by molar-refractivity contribution is 7.92. The normalized spacial score (nSPS) is 17.5. The Bertz CT molecular complexity index is 1670. The van der Waals surface area contributed by atoms with Crippen molar-refractivity contribution in [3.63, 3.8) is 0 Å². The van der Waals surface area contributed by atoms with Crippen LogP contribution in [0.1, 0.15) is 23.5 Å². The molecule has 37 heavy (non-hydrogen) atoms. The van der Waals surface area contributed by atoms with Gasteiger partial charge in [0.05, 0.1) is 29.1 Å². The Hall–Kier alpha value is -3.93. The van der Waals surface area contributed by atoms with E-state index in [4.69, 9.17) is 4.74 Å². The average molecular weight is 531 g/mol. The van der Waals surface area contributed by atoms with Crippen molar-refractivity contribution in [1.29, 1.82) is 0 Å². The van der Waals surface area contributed by atoms with Crippen molar-refractivity contribution in [1.82, 2.24) is 14.5 Å². The van der Waals surface area contributed by atoms with Crippen LogP contribution in [0.25, 0.3) is 16.6 Å². The SMILES string of the molecule is COc1cc([C@H]2C[C@@H]2C(F)(F)F)c(C)cc1-n1c(=O)ccc2cc(S(=O)(=O)Nc3ncccn3)ccc21. The summed E-state index contributed by atoms with van der Waals surface area (Å²) < 4.78 is 74.4. The largest absolute Gasteiger partial charge is 0.495 e. The molecule has 0 unspecified atom stereocenters. The Morgan fingerprint density at radius 2 is 1.81 bits per heavy atom. The summed E-state index contributed by atoms with van der Waals surface area (Å²) in [4.78, 5) is 20.6. The third-order valence-electron chi connectivity index (χ3n) is 6.39. The fraction of sp³-hybridized carbons (Fsp3) is 0.240. The summed E-state index contributed by atoms with van der Waals surface area (Å²) in [5.74, 6) is -1.89. The van der Waals surface area contributed by atoms with Crippen molar-refractivity contribution < 1.29 is 26.3 Å². The van der Waals surface area contributed by atoms with Crippen LogP contribution in [0.5, 0.6) is 5.75 Å². The van der Waals surface area contributed by atoms with Crippen LogP contribution < -0.4 is 15.0 Å². The lowest BCUT2D eigenvalue weighted by atomic mass is 10.0. The van der Waals surface area contributed by atoms with Gasteiger partial charge in [-0.05, 0) is 72.9 Å². The molecule has 0 aliphatic heterocycles. The van der Waals surface area contributed by atoms with E-state index in [0.29, 0.717) is 27.7 Å². The third-order valence-corrected chi connectivity index (χ3v) is 7.71. The monoisotopic (exact) mass is 530 g/mol. The van der Waals surface area contributed by atoms with E-state index in [1.807, 2.05) is 0 Å². The minimum atomic E-state index is -4.27. The number of benzene rings is 2. The summed E-state index contributed by atoms with van der Waals surface area (Å²) in [6.45, 7) is 1.70.